The number of hydrogen-bond donors (Lipinski definition) is 2. The van der Waals surface area contributed by atoms with Gasteiger partial charge >= 0.3 is 11.9 Å². The van der Waals surface area contributed by atoms with Gasteiger partial charge < -0.3 is 25.4 Å². The van der Waals surface area contributed by atoms with Crippen LogP contribution in [0.4, 0.5) is 0 Å². The number of ether oxygens (including phenoxy) is 2. The molecule has 13 heteroatoms. The molecule has 3 amide bonds. The maximum Gasteiger partial charge on any atom is 0.307 e. The minimum absolute atomic E-state index is 0.0481. The smallest absolute Gasteiger partial charge is 0.307 e. The van der Waals surface area contributed by atoms with Crippen LogP contribution in [0.2, 0.25) is 0 Å². The highest BCUT2D eigenvalue weighted by atomic mass is 32.1. The first-order valence-electron chi connectivity index (χ1n) is 15.2. The molecule has 43 heavy (non-hydrogen) atoms. The maximum absolute atomic E-state index is 14.4. The number of likely N-dealkylation sites (N-methyl/N-ethyl adjacent to an activating group) is 1. The van der Waals surface area contributed by atoms with E-state index in [1.165, 1.54) is 17.2 Å². The van der Waals surface area contributed by atoms with E-state index in [9.17, 15) is 24.0 Å². The predicted molar refractivity (Wildman–Crippen MR) is 163 cm³/mol. The SMILES string of the molecule is CCCC(=O)OCN(C(=O)[C@@H](NC(=O)[C@H]1CCCCN1C)C(C)CC)[C@H](C[C@@H](OC(C)=O)c1nc(C(N)=O)cs1)C(C)C. The van der Waals surface area contributed by atoms with Crippen LogP contribution in [0.5, 0.6) is 0 Å². The first-order valence-corrected chi connectivity index (χ1v) is 16.1. The summed E-state index contributed by atoms with van der Waals surface area (Å²) in [5, 5.41) is 4.88. The van der Waals surface area contributed by atoms with Gasteiger partial charge in [-0.15, -0.1) is 11.3 Å². The molecule has 0 aromatic carbocycles. The number of carbonyl (C=O) groups excluding carboxylic acids is 5. The molecule has 1 aliphatic heterocycles. The summed E-state index contributed by atoms with van der Waals surface area (Å²) in [6, 6.07) is -1.79. The number of carbonyl (C=O) groups is 5. The van der Waals surface area contributed by atoms with E-state index < -0.39 is 36.0 Å². The number of rotatable bonds is 16. The van der Waals surface area contributed by atoms with Gasteiger partial charge in [-0.25, -0.2) is 4.98 Å². The number of aromatic nitrogens is 1. The molecule has 2 heterocycles. The fourth-order valence-electron chi connectivity index (χ4n) is 5.19. The highest BCUT2D eigenvalue weighted by Gasteiger charge is 2.39. The van der Waals surface area contributed by atoms with E-state index in [-0.39, 0.29) is 55.0 Å². The molecule has 3 N–H and O–H groups in total. The molecule has 0 radical (unpaired) electrons. The van der Waals surface area contributed by atoms with Gasteiger partial charge in [0, 0.05) is 31.2 Å². The maximum atomic E-state index is 14.4. The van der Waals surface area contributed by atoms with Crippen molar-refractivity contribution in [2.24, 2.45) is 17.6 Å². The first kappa shape index (κ1) is 36.1. The van der Waals surface area contributed by atoms with Crippen molar-refractivity contribution in [1.29, 1.82) is 0 Å². The molecule has 242 valence electrons. The zero-order valence-electron chi connectivity index (χ0n) is 26.6. The Hall–Kier alpha value is -3.06. The van der Waals surface area contributed by atoms with Gasteiger partial charge in [-0.3, -0.25) is 28.9 Å². The van der Waals surface area contributed by atoms with Crippen molar-refractivity contribution in [3.05, 3.63) is 16.1 Å². The van der Waals surface area contributed by atoms with Crippen LogP contribution in [0.3, 0.4) is 0 Å². The second kappa shape index (κ2) is 17.3. The Morgan fingerprint density at radius 2 is 1.88 bits per heavy atom. The monoisotopic (exact) mass is 623 g/mol. The Kier molecular flexibility index (Phi) is 14.5. The second-order valence-corrected chi connectivity index (χ2v) is 12.5. The van der Waals surface area contributed by atoms with Crippen molar-refractivity contribution in [2.75, 3.05) is 20.3 Å². The van der Waals surface area contributed by atoms with E-state index in [0.29, 0.717) is 24.3 Å². The van der Waals surface area contributed by atoms with E-state index in [4.69, 9.17) is 15.2 Å². The molecule has 1 saturated heterocycles. The van der Waals surface area contributed by atoms with Gasteiger partial charge in [0.1, 0.15) is 16.7 Å². The lowest BCUT2D eigenvalue weighted by Gasteiger charge is -2.39. The minimum Gasteiger partial charge on any atom is -0.455 e. The zero-order valence-corrected chi connectivity index (χ0v) is 27.4. The Morgan fingerprint density at radius 3 is 2.42 bits per heavy atom. The van der Waals surface area contributed by atoms with Crippen LogP contribution in [0.25, 0.3) is 0 Å². The molecule has 0 bridgehead atoms. The Morgan fingerprint density at radius 1 is 1.19 bits per heavy atom. The van der Waals surface area contributed by atoms with Gasteiger partial charge in [-0.1, -0.05) is 47.5 Å². The van der Waals surface area contributed by atoms with E-state index in [1.54, 1.807) is 0 Å². The Labute approximate surface area is 259 Å². The summed E-state index contributed by atoms with van der Waals surface area (Å²) in [5.74, 6) is -2.70. The van der Waals surface area contributed by atoms with Gasteiger partial charge in [0.25, 0.3) is 5.91 Å². The standard InChI is InChI=1S/C30H49N5O7S/c1-8-12-25(37)41-17-35(30(40)26(19(5)9-2)33-28(39)22-13-10-11-14-34(22)7)23(18(3)4)15-24(42-20(6)36)29-32-21(16-43-29)27(31)38/h16,18-19,22-24,26H,8-15,17H2,1-7H3,(H2,31,38)(H,33,39)/t19?,22-,23-,24-,26+/m1/s1. The van der Waals surface area contributed by atoms with Crippen LogP contribution >= 0.6 is 11.3 Å². The lowest BCUT2D eigenvalue weighted by molar-refractivity contribution is -0.160. The molecule has 1 aromatic heterocycles. The normalized spacial score (nSPS) is 18.3. The van der Waals surface area contributed by atoms with Crippen LogP contribution in [-0.4, -0.2) is 82.9 Å². The molecule has 0 aliphatic carbocycles. The fraction of sp³-hybridized carbons (Fsp3) is 0.733. The van der Waals surface area contributed by atoms with Gasteiger partial charge in [0.15, 0.2) is 12.8 Å². The van der Waals surface area contributed by atoms with Crippen molar-refractivity contribution >= 4 is 41.0 Å². The third-order valence-corrected chi connectivity index (χ3v) is 8.87. The van der Waals surface area contributed by atoms with Gasteiger partial charge in [-0.2, -0.15) is 0 Å². The summed E-state index contributed by atoms with van der Waals surface area (Å²) in [5.41, 5.74) is 5.44. The molecule has 1 aliphatic rings. The summed E-state index contributed by atoms with van der Waals surface area (Å²) in [4.78, 5) is 71.9. The average Bonchev–Trinajstić information content (AvgIpc) is 3.45. The molecule has 1 fully saturated rings. The largest absolute Gasteiger partial charge is 0.455 e. The molecule has 0 saturated carbocycles. The van der Waals surface area contributed by atoms with Gasteiger partial charge in [-0.05, 0) is 44.7 Å². The number of thiazole rings is 1. The third-order valence-electron chi connectivity index (χ3n) is 7.94. The van der Waals surface area contributed by atoms with E-state index in [0.717, 1.165) is 30.7 Å². The molecule has 2 rings (SSSR count). The second-order valence-electron chi connectivity index (χ2n) is 11.6. The lowest BCUT2D eigenvalue weighted by Crippen LogP contribution is -2.59. The van der Waals surface area contributed by atoms with E-state index in [2.05, 4.69) is 10.3 Å². The molecular formula is C30H49N5O7S. The van der Waals surface area contributed by atoms with E-state index >= 15 is 0 Å². The van der Waals surface area contributed by atoms with Crippen molar-refractivity contribution in [1.82, 2.24) is 20.1 Å². The predicted octanol–water partition coefficient (Wildman–Crippen LogP) is 3.41. The average molecular weight is 624 g/mol. The Balaban J connectivity index is 2.48. The van der Waals surface area contributed by atoms with Crippen LogP contribution in [0, 0.1) is 11.8 Å². The highest BCUT2D eigenvalue weighted by molar-refractivity contribution is 7.09. The van der Waals surface area contributed by atoms with E-state index in [1.807, 2.05) is 46.6 Å². The number of esters is 2. The topological polar surface area (TPSA) is 161 Å². The number of likely N-dealkylation sites (tertiary alicyclic amines) is 1. The summed E-state index contributed by atoms with van der Waals surface area (Å²) in [7, 11) is 1.91. The summed E-state index contributed by atoms with van der Waals surface area (Å²) >= 11 is 1.13. The molecular weight excluding hydrogens is 574 g/mol. The summed E-state index contributed by atoms with van der Waals surface area (Å²) in [6.45, 7) is 11.3. The van der Waals surface area contributed by atoms with Crippen molar-refractivity contribution in [2.45, 2.75) is 111 Å². The van der Waals surface area contributed by atoms with Crippen molar-refractivity contribution in [3.8, 4) is 0 Å². The zero-order chi connectivity index (χ0) is 32.3. The number of nitrogens with zero attached hydrogens (tertiary/aromatic N) is 3. The minimum atomic E-state index is -0.892. The molecule has 5 atom stereocenters. The molecule has 1 unspecified atom stereocenters. The first-order chi connectivity index (χ1) is 20.3. The van der Waals surface area contributed by atoms with Crippen LogP contribution in [0.1, 0.15) is 108 Å². The van der Waals surface area contributed by atoms with Crippen LogP contribution < -0.4 is 11.1 Å². The van der Waals surface area contributed by atoms with Crippen LogP contribution in [0.15, 0.2) is 5.38 Å². The summed E-state index contributed by atoms with van der Waals surface area (Å²) < 4.78 is 11.2. The molecule has 1 aromatic rings. The third kappa shape index (κ3) is 10.6. The van der Waals surface area contributed by atoms with Crippen molar-refractivity contribution < 1.29 is 33.4 Å². The molecule has 0 spiro atoms. The quantitative estimate of drug-likeness (QED) is 0.208. The van der Waals surface area contributed by atoms with Crippen molar-refractivity contribution in [3.63, 3.8) is 0 Å². The summed E-state index contributed by atoms with van der Waals surface area (Å²) in [6.07, 6.45) is 3.29. The lowest BCUT2D eigenvalue weighted by atomic mass is 9.92. The highest BCUT2D eigenvalue weighted by Crippen LogP contribution is 2.31. The number of nitrogens with one attached hydrogen (secondary N) is 1. The number of primary amides is 1. The van der Waals surface area contributed by atoms with Gasteiger partial charge in [0.05, 0.1) is 6.04 Å². The molecule has 12 nitrogen and oxygen atoms in total. The number of hydrogen-bond acceptors (Lipinski definition) is 10. The number of piperidine rings is 1. The number of nitrogens with two attached hydrogens (primary N) is 1. The van der Waals surface area contributed by atoms with Crippen LogP contribution in [-0.2, 0) is 28.7 Å². The number of amides is 3. The van der Waals surface area contributed by atoms with Gasteiger partial charge in [0.2, 0.25) is 11.8 Å². The fourth-order valence-corrected chi connectivity index (χ4v) is 6.03. The Bertz CT molecular complexity index is 1110.